The van der Waals surface area contributed by atoms with Crippen LogP contribution in [0.4, 0.5) is 5.69 Å². The maximum atomic E-state index is 12.3. The van der Waals surface area contributed by atoms with E-state index in [1.807, 2.05) is 37.3 Å². The maximum Gasteiger partial charge on any atom is 0.325 e. The summed E-state index contributed by atoms with van der Waals surface area (Å²) in [6.45, 7) is 3.63. The molecule has 2 unspecified atom stereocenters. The lowest BCUT2D eigenvalue weighted by Crippen LogP contribution is -2.38. The third kappa shape index (κ3) is 6.42. The lowest BCUT2D eigenvalue weighted by Gasteiger charge is -2.13. The molecule has 0 fully saturated rings. The highest BCUT2D eigenvalue weighted by Crippen LogP contribution is 2.14. The van der Waals surface area contributed by atoms with Gasteiger partial charge in [-0.2, -0.15) is 0 Å². The van der Waals surface area contributed by atoms with Crippen molar-refractivity contribution in [3.05, 3.63) is 60.2 Å². The number of aliphatic carboxylic acids is 1. The minimum absolute atomic E-state index is 0.145. The number of amides is 2. The van der Waals surface area contributed by atoms with E-state index in [-0.39, 0.29) is 11.8 Å². The van der Waals surface area contributed by atoms with Gasteiger partial charge in [-0.25, -0.2) is 0 Å². The molecule has 2 rings (SSSR count). The smallest absolute Gasteiger partial charge is 0.325 e. The van der Waals surface area contributed by atoms with Crippen molar-refractivity contribution in [3.63, 3.8) is 0 Å². The zero-order valence-electron chi connectivity index (χ0n) is 15.8. The molecule has 0 heterocycles. The maximum absolute atomic E-state index is 12.3. The molecule has 28 heavy (non-hydrogen) atoms. The Kier molecular flexibility index (Phi) is 7.56. The summed E-state index contributed by atoms with van der Waals surface area (Å²) in [5, 5.41) is 14.0. The van der Waals surface area contributed by atoms with E-state index in [2.05, 4.69) is 10.6 Å². The topological polar surface area (TPSA) is 105 Å². The van der Waals surface area contributed by atoms with Gasteiger partial charge >= 0.3 is 5.97 Å². The number of para-hydroxylation sites is 1. The average molecular weight is 384 g/mol. The molecular weight excluding hydrogens is 360 g/mol. The fourth-order valence-corrected chi connectivity index (χ4v) is 2.31. The van der Waals surface area contributed by atoms with Crippen LogP contribution in [0.25, 0.3) is 0 Å². The first-order chi connectivity index (χ1) is 13.4. The molecule has 148 valence electrons. The number of anilines is 1. The van der Waals surface area contributed by atoms with Crippen LogP contribution in [0.5, 0.6) is 5.75 Å². The molecule has 2 aromatic rings. The highest BCUT2D eigenvalue weighted by Gasteiger charge is 2.16. The molecule has 7 heteroatoms. The Morgan fingerprint density at radius 1 is 1.00 bits per heavy atom. The zero-order valence-corrected chi connectivity index (χ0v) is 15.8. The Bertz CT molecular complexity index is 805. The number of carbonyl (C=O) groups excluding carboxylic acids is 2. The van der Waals surface area contributed by atoms with Crippen LogP contribution < -0.4 is 15.4 Å². The summed E-state index contributed by atoms with van der Waals surface area (Å²) in [5.41, 5.74) is 0.874. The van der Waals surface area contributed by atoms with E-state index >= 15 is 0 Å². The lowest BCUT2D eigenvalue weighted by molar-refractivity contribution is -0.138. The van der Waals surface area contributed by atoms with Crippen molar-refractivity contribution in [1.82, 2.24) is 5.32 Å². The highest BCUT2D eigenvalue weighted by atomic mass is 16.5. The largest absolute Gasteiger partial charge is 0.494 e. The van der Waals surface area contributed by atoms with Crippen LogP contribution in [0.15, 0.2) is 54.6 Å². The van der Waals surface area contributed by atoms with E-state index in [1.54, 1.807) is 12.1 Å². The van der Waals surface area contributed by atoms with Gasteiger partial charge in [-0.3, -0.25) is 14.4 Å². The van der Waals surface area contributed by atoms with Gasteiger partial charge in [-0.1, -0.05) is 25.1 Å². The third-order valence-corrected chi connectivity index (χ3v) is 4.14. The molecule has 2 atom stereocenters. The summed E-state index contributed by atoms with van der Waals surface area (Å²) >= 11 is 0. The minimum atomic E-state index is -1.11. The second-order valence-corrected chi connectivity index (χ2v) is 6.45. The van der Waals surface area contributed by atoms with Gasteiger partial charge in [-0.15, -0.1) is 0 Å². The third-order valence-electron chi connectivity index (χ3n) is 4.14. The molecule has 0 bridgehead atoms. The van der Waals surface area contributed by atoms with Crippen molar-refractivity contribution in [2.24, 2.45) is 5.92 Å². The standard InChI is InChI=1S/C21H24N2O5/c1-14(12-13-28-18-6-4-3-5-7-18)19(24)23-17-10-8-16(9-11-17)20(25)22-15(2)21(26)27/h3-11,14-15H,12-13H2,1-2H3,(H,22,25)(H,23,24)(H,26,27). The summed E-state index contributed by atoms with van der Waals surface area (Å²) in [6, 6.07) is 14.7. The van der Waals surface area contributed by atoms with Crippen molar-refractivity contribution >= 4 is 23.5 Å². The predicted molar refractivity (Wildman–Crippen MR) is 105 cm³/mol. The summed E-state index contributed by atoms with van der Waals surface area (Å²) in [7, 11) is 0. The fourth-order valence-electron chi connectivity index (χ4n) is 2.31. The zero-order chi connectivity index (χ0) is 20.5. The summed E-state index contributed by atoms with van der Waals surface area (Å²) in [5.74, 6) is -1.22. The van der Waals surface area contributed by atoms with Gasteiger partial charge in [-0.05, 0) is 49.7 Å². The summed E-state index contributed by atoms with van der Waals surface area (Å²) in [4.78, 5) is 35.0. The van der Waals surface area contributed by atoms with Crippen LogP contribution in [-0.4, -0.2) is 35.5 Å². The van der Waals surface area contributed by atoms with E-state index in [4.69, 9.17) is 9.84 Å². The number of benzene rings is 2. The van der Waals surface area contributed by atoms with Gasteiger partial charge < -0.3 is 20.5 Å². The SMILES string of the molecule is CC(CCOc1ccccc1)C(=O)Nc1ccc(C(=O)NC(C)C(=O)O)cc1. The number of hydrogen-bond donors (Lipinski definition) is 3. The van der Waals surface area contributed by atoms with E-state index in [1.165, 1.54) is 19.1 Å². The molecule has 0 aliphatic rings. The van der Waals surface area contributed by atoms with Gasteiger partial charge in [0.05, 0.1) is 6.61 Å². The first-order valence-electron chi connectivity index (χ1n) is 8.99. The van der Waals surface area contributed by atoms with E-state index in [0.717, 1.165) is 5.75 Å². The van der Waals surface area contributed by atoms with Gasteiger partial charge in [0.25, 0.3) is 5.91 Å². The van der Waals surface area contributed by atoms with Crippen molar-refractivity contribution in [3.8, 4) is 5.75 Å². The number of nitrogens with one attached hydrogen (secondary N) is 2. The number of carbonyl (C=O) groups is 3. The number of ether oxygens (including phenoxy) is 1. The number of carboxylic acids is 1. The Balaban J connectivity index is 1.81. The lowest BCUT2D eigenvalue weighted by atomic mass is 10.1. The van der Waals surface area contributed by atoms with E-state index in [0.29, 0.717) is 24.3 Å². The number of hydrogen-bond acceptors (Lipinski definition) is 4. The molecule has 0 radical (unpaired) electrons. The van der Waals surface area contributed by atoms with Crippen molar-refractivity contribution < 1.29 is 24.2 Å². The molecule has 0 saturated carbocycles. The first kappa shape index (κ1) is 21.0. The van der Waals surface area contributed by atoms with Crippen LogP contribution >= 0.6 is 0 Å². The molecular formula is C21H24N2O5. The first-order valence-corrected chi connectivity index (χ1v) is 8.99. The average Bonchev–Trinajstić information content (AvgIpc) is 2.69. The highest BCUT2D eigenvalue weighted by molar-refractivity contribution is 5.97. The van der Waals surface area contributed by atoms with Crippen molar-refractivity contribution in [2.45, 2.75) is 26.3 Å². The number of carboxylic acid groups (broad SMARTS) is 1. The van der Waals surface area contributed by atoms with Gasteiger partial charge in [0, 0.05) is 17.2 Å². The van der Waals surface area contributed by atoms with Gasteiger partial charge in [0.1, 0.15) is 11.8 Å². The molecule has 3 N–H and O–H groups in total. The second-order valence-electron chi connectivity index (χ2n) is 6.45. The molecule has 0 saturated heterocycles. The minimum Gasteiger partial charge on any atom is -0.494 e. The van der Waals surface area contributed by atoms with Crippen molar-refractivity contribution in [1.29, 1.82) is 0 Å². The van der Waals surface area contributed by atoms with E-state index < -0.39 is 17.9 Å². The van der Waals surface area contributed by atoms with Crippen molar-refractivity contribution in [2.75, 3.05) is 11.9 Å². The molecule has 2 aromatic carbocycles. The van der Waals surface area contributed by atoms with Gasteiger partial charge in [0.2, 0.25) is 5.91 Å². The summed E-state index contributed by atoms with van der Waals surface area (Å²) < 4.78 is 5.60. The van der Waals surface area contributed by atoms with Crippen LogP contribution in [0.1, 0.15) is 30.6 Å². The van der Waals surface area contributed by atoms with Crippen LogP contribution in [0.3, 0.4) is 0 Å². The molecule has 0 aliphatic heterocycles. The molecule has 0 aromatic heterocycles. The van der Waals surface area contributed by atoms with Crippen LogP contribution in [0, 0.1) is 5.92 Å². The second kappa shape index (κ2) is 10.1. The van der Waals surface area contributed by atoms with Gasteiger partial charge in [0.15, 0.2) is 0 Å². The monoisotopic (exact) mass is 384 g/mol. The normalized spacial score (nSPS) is 12.5. The molecule has 7 nitrogen and oxygen atoms in total. The number of rotatable bonds is 9. The van der Waals surface area contributed by atoms with Crippen LogP contribution in [0.2, 0.25) is 0 Å². The predicted octanol–water partition coefficient (Wildman–Crippen LogP) is 2.93. The Morgan fingerprint density at radius 3 is 2.25 bits per heavy atom. The molecule has 0 spiro atoms. The molecule has 0 aliphatic carbocycles. The summed E-state index contributed by atoms with van der Waals surface area (Å²) in [6.07, 6.45) is 0.564. The molecule has 2 amide bonds. The Hall–Kier alpha value is -3.35. The fraction of sp³-hybridized carbons (Fsp3) is 0.286. The van der Waals surface area contributed by atoms with E-state index in [9.17, 15) is 14.4 Å². The van der Waals surface area contributed by atoms with Crippen LogP contribution in [-0.2, 0) is 9.59 Å². The Labute approximate surface area is 163 Å². The quantitative estimate of drug-likeness (QED) is 0.617. The Morgan fingerprint density at radius 2 is 1.64 bits per heavy atom.